The number of ether oxygens (including phenoxy) is 1. The molecule has 1 N–H and O–H groups in total. The fraction of sp³-hybridized carbons (Fsp3) is 0.200. The second-order valence-corrected chi connectivity index (χ2v) is 4.53. The van der Waals surface area contributed by atoms with Crippen LogP contribution in [0.2, 0.25) is 5.02 Å². The van der Waals surface area contributed by atoms with Gasteiger partial charge in [-0.1, -0.05) is 23.7 Å². The lowest BCUT2D eigenvalue weighted by Crippen LogP contribution is -2.23. The zero-order chi connectivity index (χ0) is 14.4. The van der Waals surface area contributed by atoms with E-state index in [2.05, 4.69) is 10.3 Å². The maximum absolute atomic E-state index is 12.0. The number of amides is 1. The molecule has 5 heteroatoms. The van der Waals surface area contributed by atoms with Crippen molar-refractivity contribution in [1.82, 2.24) is 10.3 Å². The Kier molecular flexibility index (Phi) is 4.96. The third-order valence-electron chi connectivity index (χ3n) is 2.68. The Morgan fingerprint density at radius 3 is 3.00 bits per heavy atom. The van der Waals surface area contributed by atoms with Crippen LogP contribution in [0.5, 0.6) is 5.75 Å². The van der Waals surface area contributed by atoms with Crippen LogP contribution in [-0.4, -0.2) is 17.5 Å². The van der Waals surface area contributed by atoms with E-state index in [1.807, 2.05) is 31.2 Å². The van der Waals surface area contributed by atoms with E-state index in [9.17, 15) is 4.79 Å². The highest BCUT2D eigenvalue weighted by Crippen LogP contribution is 2.15. The van der Waals surface area contributed by atoms with Crippen molar-refractivity contribution in [2.24, 2.45) is 0 Å². The predicted molar refractivity (Wildman–Crippen MR) is 78.0 cm³/mol. The minimum Gasteiger partial charge on any atom is -0.494 e. The van der Waals surface area contributed by atoms with Gasteiger partial charge in [0.15, 0.2) is 0 Å². The largest absolute Gasteiger partial charge is 0.494 e. The lowest BCUT2D eigenvalue weighted by molar-refractivity contribution is 0.0951. The molecule has 0 saturated heterocycles. The van der Waals surface area contributed by atoms with Crippen molar-refractivity contribution in [2.45, 2.75) is 13.5 Å². The van der Waals surface area contributed by atoms with Gasteiger partial charge < -0.3 is 10.1 Å². The van der Waals surface area contributed by atoms with E-state index in [1.165, 1.54) is 12.4 Å². The van der Waals surface area contributed by atoms with Crippen molar-refractivity contribution in [3.05, 3.63) is 58.9 Å². The molecule has 0 aliphatic carbocycles. The summed E-state index contributed by atoms with van der Waals surface area (Å²) < 4.78 is 5.41. The van der Waals surface area contributed by atoms with E-state index >= 15 is 0 Å². The standard InChI is InChI=1S/C15H15ClN2O2/c1-2-20-12-5-3-4-11(8-12)9-18-15(19)13-6-7-17-10-14(13)16/h3-8,10H,2,9H2,1H3,(H,18,19). The number of benzene rings is 1. The van der Waals surface area contributed by atoms with E-state index in [-0.39, 0.29) is 5.91 Å². The monoisotopic (exact) mass is 290 g/mol. The minimum atomic E-state index is -0.223. The number of nitrogens with zero attached hydrogens (tertiary/aromatic N) is 1. The summed E-state index contributed by atoms with van der Waals surface area (Å²) in [6.45, 7) is 2.96. The maximum atomic E-state index is 12.0. The molecule has 4 nitrogen and oxygen atoms in total. The molecule has 0 bridgehead atoms. The summed E-state index contributed by atoms with van der Waals surface area (Å²) in [4.78, 5) is 15.8. The van der Waals surface area contributed by atoms with Gasteiger partial charge in [0.25, 0.3) is 5.91 Å². The molecule has 1 aromatic heterocycles. The van der Waals surface area contributed by atoms with Gasteiger partial charge in [0.1, 0.15) is 5.75 Å². The molecular weight excluding hydrogens is 276 g/mol. The fourth-order valence-corrected chi connectivity index (χ4v) is 1.95. The number of aromatic nitrogens is 1. The molecule has 0 spiro atoms. The van der Waals surface area contributed by atoms with Gasteiger partial charge in [0, 0.05) is 18.9 Å². The summed E-state index contributed by atoms with van der Waals surface area (Å²) in [5.41, 5.74) is 1.39. The number of carbonyl (C=O) groups excluding carboxylic acids is 1. The number of nitrogens with one attached hydrogen (secondary N) is 1. The molecule has 0 aliphatic heterocycles. The highest BCUT2D eigenvalue weighted by molar-refractivity contribution is 6.33. The highest BCUT2D eigenvalue weighted by Gasteiger charge is 2.09. The normalized spacial score (nSPS) is 10.1. The van der Waals surface area contributed by atoms with E-state index in [1.54, 1.807) is 6.07 Å². The van der Waals surface area contributed by atoms with Gasteiger partial charge in [-0.25, -0.2) is 0 Å². The van der Waals surface area contributed by atoms with Crippen molar-refractivity contribution in [1.29, 1.82) is 0 Å². The number of rotatable bonds is 5. The van der Waals surface area contributed by atoms with Crippen molar-refractivity contribution in [2.75, 3.05) is 6.61 Å². The molecule has 0 saturated carbocycles. The second kappa shape index (κ2) is 6.91. The SMILES string of the molecule is CCOc1cccc(CNC(=O)c2ccncc2Cl)c1. The van der Waals surface area contributed by atoms with Gasteiger partial charge in [-0.15, -0.1) is 0 Å². The van der Waals surface area contributed by atoms with Crippen LogP contribution in [-0.2, 0) is 6.54 Å². The molecular formula is C15H15ClN2O2. The predicted octanol–water partition coefficient (Wildman–Crippen LogP) is 3.06. The molecule has 2 aromatic rings. The first-order chi connectivity index (χ1) is 9.70. The maximum Gasteiger partial charge on any atom is 0.253 e. The van der Waals surface area contributed by atoms with Crippen LogP contribution in [0.4, 0.5) is 0 Å². The van der Waals surface area contributed by atoms with Crippen LogP contribution in [0.15, 0.2) is 42.7 Å². The number of carbonyl (C=O) groups is 1. The first-order valence-corrected chi connectivity index (χ1v) is 6.68. The van der Waals surface area contributed by atoms with E-state index in [4.69, 9.17) is 16.3 Å². The topological polar surface area (TPSA) is 51.2 Å². The third-order valence-corrected chi connectivity index (χ3v) is 2.98. The van der Waals surface area contributed by atoms with E-state index < -0.39 is 0 Å². The van der Waals surface area contributed by atoms with Crippen molar-refractivity contribution in [3.63, 3.8) is 0 Å². The molecule has 0 aliphatic rings. The van der Waals surface area contributed by atoms with Crippen LogP contribution < -0.4 is 10.1 Å². The average molecular weight is 291 g/mol. The number of halogens is 1. The van der Waals surface area contributed by atoms with Crippen LogP contribution in [0.25, 0.3) is 0 Å². The zero-order valence-electron chi connectivity index (χ0n) is 11.1. The molecule has 0 unspecified atom stereocenters. The molecule has 2 rings (SSSR count). The molecule has 0 radical (unpaired) electrons. The number of hydrogen-bond donors (Lipinski definition) is 1. The van der Waals surface area contributed by atoms with Crippen LogP contribution >= 0.6 is 11.6 Å². The molecule has 0 fully saturated rings. The Hall–Kier alpha value is -2.07. The van der Waals surface area contributed by atoms with E-state index in [0.717, 1.165) is 11.3 Å². The lowest BCUT2D eigenvalue weighted by atomic mass is 10.2. The Labute approximate surface area is 122 Å². The Morgan fingerprint density at radius 1 is 1.40 bits per heavy atom. The highest BCUT2D eigenvalue weighted by atomic mass is 35.5. The first-order valence-electron chi connectivity index (χ1n) is 6.30. The van der Waals surface area contributed by atoms with Gasteiger partial charge >= 0.3 is 0 Å². The lowest BCUT2D eigenvalue weighted by Gasteiger charge is -2.08. The molecule has 20 heavy (non-hydrogen) atoms. The van der Waals surface area contributed by atoms with Gasteiger partial charge in [-0.05, 0) is 30.7 Å². The second-order valence-electron chi connectivity index (χ2n) is 4.12. The molecule has 1 aromatic carbocycles. The van der Waals surface area contributed by atoms with Crippen LogP contribution in [0.1, 0.15) is 22.8 Å². The summed E-state index contributed by atoms with van der Waals surface area (Å²) in [6.07, 6.45) is 2.99. The Balaban J connectivity index is 2.00. The summed E-state index contributed by atoms with van der Waals surface area (Å²) in [7, 11) is 0. The average Bonchev–Trinajstić information content (AvgIpc) is 2.46. The van der Waals surface area contributed by atoms with Crippen LogP contribution in [0, 0.1) is 0 Å². The quantitative estimate of drug-likeness (QED) is 0.921. The molecule has 1 heterocycles. The van der Waals surface area contributed by atoms with E-state index in [0.29, 0.717) is 23.7 Å². The smallest absolute Gasteiger partial charge is 0.253 e. The zero-order valence-corrected chi connectivity index (χ0v) is 11.9. The summed E-state index contributed by atoms with van der Waals surface area (Å²) in [6, 6.07) is 9.20. The number of pyridine rings is 1. The van der Waals surface area contributed by atoms with Gasteiger partial charge in [0.2, 0.25) is 0 Å². The van der Waals surface area contributed by atoms with Gasteiger partial charge in [-0.2, -0.15) is 0 Å². The van der Waals surface area contributed by atoms with Crippen molar-refractivity contribution in [3.8, 4) is 5.75 Å². The summed E-state index contributed by atoms with van der Waals surface area (Å²) in [5, 5.41) is 3.16. The number of hydrogen-bond acceptors (Lipinski definition) is 3. The fourth-order valence-electron chi connectivity index (χ4n) is 1.75. The van der Waals surface area contributed by atoms with Crippen LogP contribution in [0.3, 0.4) is 0 Å². The first kappa shape index (κ1) is 14.3. The molecule has 0 atom stereocenters. The minimum absolute atomic E-state index is 0.223. The summed E-state index contributed by atoms with van der Waals surface area (Å²) >= 11 is 5.92. The summed E-state index contributed by atoms with van der Waals surface area (Å²) in [5.74, 6) is 0.570. The Morgan fingerprint density at radius 2 is 2.25 bits per heavy atom. The van der Waals surface area contributed by atoms with Crippen molar-refractivity contribution < 1.29 is 9.53 Å². The van der Waals surface area contributed by atoms with Gasteiger partial charge in [-0.3, -0.25) is 9.78 Å². The molecule has 104 valence electrons. The Bertz CT molecular complexity index is 602. The van der Waals surface area contributed by atoms with Gasteiger partial charge in [0.05, 0.1) is 17.2 Å². The van der Waals surface area contributed by atoms with Crippen molar-refractivity contribution >= 4 is 17.5 Å². The third kappa shape index (κ3) is 3.71. The molecule has 1 amide bonds.